The summed E-state index contributed by atoms with van der Waals surface area (Å²) in [6.45, 7) is 7.29. The fourth-order valence-corrected chi connectivity index (χ4v) is 7.99. The van der Waals surface area contributed by atoms with Crippen LogP contribution in [0.1, 0.15) is 37.8 Å². The van der Waals surface area contributed by atoms with Crippen molar-refractivity contribution in [1.82, 2.24) is 14.5 Å². The third kappa shape index (κ3) is 5.48. The van der Waals surface area contributed by atoms with Gasteiger partial charge in [-0.1, -0.05) is 6.58 Å². The minimum absolute atomic E-state index is 0.0876. The maximum atomic E-state index is 15.2. The van der Waals surface area contributed by atoms with E-state index in [1.807, 2.05) is 6.92 Å². The highest BCUT2D eigenvalue weighted by atomic mass is 32.2. The van der Waals surface area contributed by atoms with Gasteiger partial charge in [-0.25, -0.2) is 13.6 Å². The summed E-state index contributed by atoms with van der Waals surface area (Å²) in [5.74, 6) is -1.67. The molecule has 234 valence electrons. The Bertz CT molecular complexity index is 1690. The molecule has 3 aliphatic rings. The molecular weight excluding hydrogens is 603 g/mol. The predicted molar refractivity (Wildman–Crippen MR) is 158 cm³/mol. The van der Waals surface area contributed by atoms with Crippen LogP contribution in [0.3, 0.4) is 0 Å². The van der Waals surface area contributed by atoms with Gasteiger partial charge in [-0.15, -0.1) is 11.8 Å². The van der Waals surface area contributed by atoms with E-state index in [0.717, 1.165) is 42.8 Å². The Morgan fingerprint density at radius 3 is 2.59 bits per heavy atom. The first kappa shape index (κ1) is 30.6. The molecule has 2 atom stereocenters. The lowest BCUT2D eigenvalue weighted by atomic mass is 9.92. The Labute approximate surface area is 254 Å². The first-order valence-corrected chi connectivity index (χ1v) is 15.5. The van der Waals surface area contributed by atoms with Crippen molar-refractivity contribution in [3.05, 3.63) is 64.6 Å². The normalized spacial score (nSPS) is 21.1. The molecule has 44 heavy (non-hydrogen) atoms. The number of benzene rings is 2. The quantitative estimate of drug-likeness (QED) is 0.252. The highest BCUT2D eigenvalue weighted by Gasteiger charge is 2.41. The summed E-state index contributed by atoms with van der Waals surface area (Å²) >= 11 is 1.15. The highest BCUT2D eigenvalue weighted by molar-refractivity contribution is 7.99. The van der Waals surface area contributed by atoms with Gasteiger partial charge in [0.05, 0.1) is 11.1 Å². The average Bonchev–Trinajstić information content (AvgIpc) is 2.99. The topological polar surface area (TPSA) is 67.7 Å². The summed E-state index contributed by atoms with van der Waals surface area (Å²) < 4.78 is 80.5. The number of carbonyl (C=O) groups excluding carboxylic acids is 1. The van der Waals surface area contributed by atoms with Crippen molar-refractivity contribution in [1.29, 1.82) is 0 Å². The van der Waals surface area contributed by atoms with Crippen molar-refractivity contribution in [2.75, 3.05) is 43.5 Å². The van der Waals surface area contributed by atoms with Crippen LogP contribution >= 0.6 is 11.8 Å². The number of piperazine rings is 1. The lowest BCUT2D eigenvalue weighted by Crippen LogP contribution is -2.54. The molecule has 1 aromatic heterocycles. The summed E-state index contributed by atoms with van der Waals surface area (Å²) in [6.07, 6.45) is -1.47. The number of rotatable bonds is 5. The van der Waals surface area contributed by atoms with E-state index in [9.17, 15) is 27.2 Å². The minimum atomic E-state index is -4.90. The third-order valence-electron chi connectivity index (χ3n) is 8.77. The number of carbonyl (C=O) groups is 1. The predicted octanol–water partition coefficient (Wildman–Crippen LogP) is 6.05. The van der Waals surface area contributed by atoms with Gasteiger partial charge >= 0.3 is 11.9 Å². The molecule has 0 bridgehead atoms. The zero-order valence-corrected chi connectivity index (χ0v) is 24.8. The monoisotopic (exact) mass is 634 g/mol. The van der Waals surface area contributed by atoms with Crippen molar-refractivity contribution >= 4 is 34.4 Å². The fraction of sp³-hybridized carbons (Fsp3) is 0.452. The van der Waals surface area contributed by atoms with Crippen LogP contribution in [0.25, 0.3) is 22.0 Å². The van der Waals surface area contributed by atoms with E-state index in [4.69, 9.17) is 4.74 Å². The molecule has 0 unspecified atom stereocenters. The van der Waals surface area contributed by atoms with Gasteiger partial charge in [0.15, 0.2) is 0 Å². The second-order valence-corrected chi connectivity index (χ2v) is 12.6. The number of ether oxygens (including phenoxy) is 1. The smallest absolute Gasteiger partial charge is 0.381 e. The molecule has 0 spiro atoms. The number of alkyl halides is 3. The van der Waals surface area contributed by atoms with E-state index < -0.39 is 40.2 Å². The first-order chi connectivity index (χ1) is 21.0. The lowest BCUT2D eigenvalue weighted by molar-refractivity contribution is -0.137. The third-order valence-corrected chi connectivity index (χ3v) is 10.0. The van der Waals surface area contributed by atoms with Gasteiger partial charge in [0.2, 0.25) is 5.91 Å². The number of hydrogen-bond acceptors (Lipinski definition) is 6. The molecule has 2 fully saturated rings. The second-order valence-electron chi connectivity index (χ2n) is 11.5. The molecule has 1 amide bonds. The number of amides is 1. The number of hydrogen-bond donors (Lipinski definition) is 0. The highest BCUT2D eigenvalue weighted by Crippen LogP contribution is 2.51. The molecule has 2 saturated heterocycles. The average molecular weight is 635 g/mol. The summed E-state index contributed by atoms with van der Waals surface area (Å²) in [6, 6.07) is 2.71. The van der Waals surface area contributed by atoms with E-state index in [1.54, 1.807) is 9.80 Å². The van der Waals surface area contributed by atoms with Gasteiger partial charge in [0.25, 0.3) is 0 Å². The minimum Gasteiger partial charge on any atom is -0.381 e. The first-order valence-electron chi connectivity index (χ1n) is 14.5. The molecule has 0 saturated carbocycles. The second kappa shape index (κ2) is 11.8. The summed E-state index contributed by atoms with van der Waals surface area (Å²) in [5.41, 5.74) is -2.25. The van der Waals surface area contributed by atoms with Gasteiger partial charge in [0.1, 0.15) is 17.5 Å². The molecule has 0 N–H and O–H groups in total. The Morgan fingerprint density at radius 1 is 1.18 bits per heavy atom. The van der Waals surface area contributed by atoms with Crippen molar-refractivity contribution in [2.45, 2.75) is 49.3 Å². The maximum absolute atomic E-state index is 15.2. The van der Waals surface area contributed by atoms with Crippen LogP contribution in [-0.4, -0.2) is 65.0 Å². The van der Waals surface area contributed by atoms with Gasteiger partial charge in [-0.05, 0) is 56.4 Å². The molecule has 6 rings (SSSR count). The number of nitrogens with zero attached hydrogens (tertiary/aromatic N) is 4. The molecule has 0 aliphatic carbocycles. The van der Waals surface area contributed by atoms with Crippen molar-refractivity contribution < 1.29 is 31.5 Å². The van der Waals surface area contributed by atoms with Crippen LogP contribution in [0.15, 0.2) is 46.6 Å². The van der Waals surface area contributed by atoms with Gasteiger partial charge < -0.3 is 14.5 Å². The van der Waals surface area contributed by atoms with Crippen LogP contribution in [-0.2, 0) is 15.7 Å². The summed E-state index contributed by atoms with van der Waals surface area (Å²) in [7, 11) is 0. The zero-order valence-electron chi connectivity index (χ0n) is 24.0. The van der Waals surface area contributed by atoms with Crippen LogP contribution in [0, 0.1) is 17.6 Å². The fourth-order valence-electron chi connectivity index (χ4n) is 6.64. The van der Waals surface area contributed by atoms with E-state index >= 15 is 4.39 Å². The number of anilines is 1. The van der Waals surface area contributed by atoms with E-state index in [0.29, 0.717) is 25.7 Å². The molecule has 13 heteroatoms. The van der Waals surface area contributed by atoms with E-state index in [-0.39, 0.29) is 70.9 Å². The molecule has 4 heterocycles. The number of thioether (sulfide) groups is 1. The largest absolute Gasteiger partial charge is 0.417 e. The van der Waals surface area contributed by atoms with Crippen molar-refractivity contribution in [3.8, 4) is 11.1 Å². The number of halogens is 5. The molecule has 0 radical (unpaired) electrons. The summed E-state index contributed by atoms with van der Waals surface area (Å²) in [4.78, 5) is 34.0. The summed E-state index contributed by atoms with van der Waals surface area (Å²) in [5, 5.41) is 0.123. The van der Waals surface area contributed by atoms with Gasteiger partial charge in [0, 0.05) is 78.2 Å². The van der Waals surface area contributed by atoms with Crippen LogP contribution in [0.5, 0.6) is 0 Å². The Kier molecular flexibility index (Phi) is 8.20. The van der Waals surface area contributed by atoms with Crippen LogP contribution < -0.4 is 10.6 Å². The van der Waals surface area contributed by atoms with Crippen LogP contribution in [0.4, 0.5) is 27.8 Å². The standard InChI is InChI=1S/C31H31F5N4O3S/c1-3-25(41)38-8-9-39(17(2)15-38)29-22-14-23(31(34,35)36)26(21-5-4-19(32)13-24(21)33)28-27(22)40(30(42)37-29)20(16-44-28)12-18-6-10-43-11-7-18/h3-5,13-14,17-18,20H,1,6-12,15-16H2,2H3/t17-,20-/m0/s1. The van der Waals surface area contributed by atoms with Gasteiger partial charge in [-0.2, -0.15) is 18.2 Å². The van der Waals surface area contributed by atoms with Gasteiger partial charge in [-0.3, -0.25) is 9.36 Å². The van der Waals surface area contributed by atoms with Crippen molar-refractivity contribution in [3.63, 3.8) is 0 Å². The Morgan fingerprint density at radius 2 is 1.93 bits per heavy atom. The van der Waals surface area contributed by atoms with Crippen LogP contribution in [0.2, 0.25) is 0 Å². The Balaban J connectivity index is 1.60. The van der Waals surface area contributed by atoms with E-state index in [1.165, 1.54) is 10.6 Å². The lowest BCUT2D eigenvalue weighted by Gasteiger charge is -2.41. The Hall–Kier alpha value is -3.45. The molecule has 3 aromatic rings. The van der Waals surface area contributed by atoms with Crippen molar-refractivity contribution in [2.24, 2.45) is 5.92 Å². The molecule has 7 nitrogen and oxygen atoms in total. The number of aromatic nitrogens is 2. The molecular formula is C31H31F5N4O3S. The maximum Gasteiger partial charge on any atom is 0.417 e. The molecule has 2 aromatic carbocycles. The van der Waals surface area contributed by atoms with E-state index in [2.05, 4.69) is 11.6 Å². The zero-order chi connectivity index (χ0) is 31.3. The SMILES string of the molecule is C=CC(=O)N1CCN(c2nc(=O)n3c4c(c(-c5ccc(F)cc5F)c(C(F)(F)F)cc24)SC[C@@H]3CC2CCOCC2)[C@@H](C)C1. The molecule has 3 aliphatic heterocycles.